The molecule has 2 aromatic rings. The molecule has 2 rings (SSSR count). The van der Waals surface area contributed by atoms with Gasteiger partial charge in [-0.1, -0.05) is 37.3 Å². The van der Waals surface area contributed by atoms with Gasteiger partial charge in [0.1, 0.15) is 0 Å². The van der Waals surface area contributed by atoms with E-state index in [2.05, 4.69) is 46.9 Å². The molecule has 0 saturated heterocycles. The third kappa shape index (κ3) is 3.55. The van der Waals surface area contributed by atoms with E-state index in [0.29, 0.717) is 6.54 Å². The zero-order chi connectivity index (χ0) is 12.8. The first-order chi connectivity index (χ1) is 8.81. The quantitative estimate of drug-likeness (QED) is 0.840. The van der Waals surface area contributed by atoms with Crippen molar-refractivity contribution in [2.75, 3.05) is 11.9 Å². The summed E-state index contributed by atoms with van der Waals surface area (Å²) in [6, 6.07) is 10.6. The Kier molecular flexibility index (Phi) is 4.73. The number of nitrogens with one attached hydrogen (secondary N) is 1. The van der Waals surface area contributed by atoms with Gasteiger partial charge < -0.3 is 11.1 Å². The van der Waals surface area contributed by atoms with Crippen molar-refractivity contribution in [3.8, 4) is 0 Å². The summed E-state index contributed by atoms with van der Waals surface area (Å²) in [6.07, 6.45) is 1.91. The van der Waals surface area contributed by atoms with Crippen LogP contribution >= 0.6 is 11.3 Å². The Hall–Kier alpha value is -1.39. The summed E-state index contributed by atoms with van der Waals surface area (Å²) in [5, 5.41) is 6.48. The smallest absolute Gasteiger partial charge is 0.183 e. The molecular weight excluding hydrogens is 242 g/mol. The van der Waals surface area contributed by atoms with E-state index in [9.17, 15) is 0 Å². The average Bonchev–Trinajstić information content (AvgIpc) is 2.87. The number of hydrogen-bond donors (Lipinski definition) is 2. The number of nitrogens with two attached hydrogens (primary N) is 1. The molecule has 4 heteroatoms. The van der Waals surface area contributed by atoms with E-state index >= 15 is 0 Å². The summed E-state index contributed by atoms with van der Waals surface area (Å²) in [7, 11) is 0. The summed E-state index contributed by atoms with van der Waals surface area (Å²) >= 11 is 1.65. The summed E-state index contributed by atoms with van der Waals surface area (Å²) in [5.41, 5.74) is 8.26. The van der Waals surface area contributed by atoms with Gasteiger partial charge in [0.25, 0.3) is 0 Å². The van der Waals surface area contributed by atoms with Crippen molar-refractivity contribution in [1.82, 2.24) is 4.98 Å². The van der Waals surface area contributed by atoms with Crippen molar-refractivity contribution < 1.29 is 0 Å². The monoisotopic (exact) mass is 261 g/mol. The van der Waals surface area contributed by atoms with Crippen LogP contribution in [0.5, 0.6) is 0 Å². The van der Waals surface area contributed by atoms with Crippen LogP contribution in [0, 0.1) is 0 Å². The van der Waals surface area contributed by atoms with Gasteiger partial charge >= 0.3 is 0 Å². The number of nitrogens with zero attached hydrogens (tertiary/aromatic N) is 1. The normalized spacial score (nSPS) is 12.3. The van der Waals surface area contributed by atoms with Gasteiger partial charge in [-0.05, 0) is 18.4 Å². The highest BCUT2D eigenvalue weighted by atomic mass is 32.1. The van der Waals surface area contributed by atoms with E-state index in [4.69, 9.17) is 5.73 Å². The molecule has 1 atom stereocenters. The van der Waals surface area contributed by atoms with Crippen molar-refractivity contribution in [3.05, 3.63) is 47.0 Å². The molecule has 3 N–H and O–H groups in total. The molecule has 1 aromatic heterocycles. The Morgan fingerprint density at radius 2 is 2.11 bits per heavy atom. The average molecular weight is 261 g/mol. The Balaban J connectivity index is 1.97. The molecule has 1 aromatic carbocycles. The predicted molar refractivity (Wildman–Crippen MR) is 78.1 cm³/mol. The van der Waals surface area contributed by atoms with Gasteiger partial charge in [-0.2, -0.15) is 0 Å². The predicted octanol–water partition coefficient (Wildman–Crippen LogP) is 2.69. The maximum absolute atomic E-state index is 5.82. The van der Waals surface area contributed by atoms with E-state index in [0.717, 1.165) is 23.7 Å². The van der Waals surface area contributed by atoms with Crippen LogP contribution in [0.25, 0.3) is 0 Å². The van der Waals surface area contributed by atoms with Crippen LogP contribution in [0.4, 0.5) is 5.13 Å². The second-order valence-corrected chi connectivity index (χ2v) is 5.12. The second kappa shape index (κ2) is 6.52. The van der Waals surface area contributed by atoms with Crippen LogP contribution in [0.3, 0.4) is 0 Å². The zero-order valence-corrected chi connectivity index (χ0v) is 11.4. The lowest BCUT2D eigenvalue weighted by atomic mass is 10.1. The molecule has 0 bridgehead atoms. The minimum absolute atomic E-state index is 0.239. The first kappa shape index (κ1) is 13.1. The molecule has 18 heavy (non-hydrogen) atoms. The lowest BCUT2D eigenvalue weighted by molar-refractivity contribution is 0.722. The SMILES string of the molecule is CCc1csc(NC(CN)Cc2ccccc2)n1. The van der Waals surface area contributed by atoms with Gasteiger partial charge in [0.05, 0.1) is 5.69 Å². The number of hydrogen-bond acceptors (Lipinski definition) is 4. The Morgan fingerprint density at radius 1 is 1.33 bits per heavy atom. The molecule has 0 spiro atoms. The summed E-state index contributed by atoms with van der Waals surface area (Å²) < 4.78 is 0. The number of anilines is 1. The van der Waals surface area contributed by atoms with E-state index < -0.39 is 0 Å². The Morgan fingerprint density at radius 3 is 2.72 bits per heavy atom. The topological polar surface area (TPSA) is 50.9 Å². The maximum Gasteiger partial charge on any atom is 0.183 e. The van der Waals surface area contributed by atoms with Crippen molar-refractivity contribution in [2.24, 2.45) is 5.73 Å². The molecule has 0 aliphatic rings. The largest absolute Gasteiger partial charge is 0.357 e. The van der Waals surface area contributed by atoms with Crippen molar-refractivity contribution in [3.63, 3.8) is 0 Å². The number of aromatic nitrogens is 1. The third-order valence-electron chi connectivity index (χ3n) is 2.85. The van der Waals surface area contributed by atoms with Crippen molar-refractivity contribution >= 4 is 16.5 Å². The highest BCUT2D eigenvalue weighted by Crippen LogP contribution is 2.17. The highest BCUT2D eigenvalue weighted by Gasteiger charge is 2.09. The fourth-order valence-electron chi connectivity index (χ4n) is 1.80. The maximum atomic E-state index is 5.82. The molecule has 1 heterocycles. The van der Waals surface area contributed by atoms with E-state index in [1.54, 1.807) is 11.3 Å². The Labute approximate surface area is 112 Å². The second-order valence-electron chi connectivity index (χ2n) is 4.26. The molecule has 0 aliphatic carbocycles. The zero-order valence-electron chi connectivity index (χ0n) is 10.6. The fraction of sp³-hybridized carbons (Fsp3) is 0.357. The minimum atomic E-state index is 0.239. The van der Waals surface area contributed by atoms with Gasteiger partial charge in [0.2, 0.25) is 0 Å². The molecule has 0 radical (unpaired) electrons. The number of benzene rings is 1. The molecule has 0 fully saturated rings. The lowest BCUT2D eigenvalue weighted by Gasteiger charge is -2.16. The highest BCUT2D eigenvalue weighted by molar-refractivity contribution is 7.13. The Bertz CT molecular complexity index is 467. The standard InChI is InChI=1S/C14H19N3S/c1-2-12-10-18-14(16-12)17-13(9-15)8-11-6-4-3-5-7-11/h3-7,10,13H,2,8-9,15H2,1H3,(H,16,17). The minimum Gasteiger partial charge on any atom is -0.357 e. The van der Waals surface area contributed by atoms with Crippen LogP contribution in [-0.4, -0.2) is 17.6 Å². The van der Waals surface area contributed by atoms with Gasteiger partial charge in [0.15, 0.2) is 5.13 Å². The number of thiazole rings is 1. The van der Waals surface area contributed by atoms with E-state index in [-0.39, 0.29) is 6.04 Å². The van der Waals surface area contributed by atoms with Crippen molar-refractivity contribution in [1.29, 1.82) is 0 Å². The molecule has 0 amide bonds. The molecule has 96 valence electrons. The first-order valence-electron chi connectivity index (χ1n) is 6.26. The molecule has 0 aliphatic heterocycles. The van der Waals surface area contributed by atoms with Gasteiger partial charge in [-0.15, -0.1) is 11.3 Å². The third-order valence-corrected chi connectivity index (χ3v) is 3.67. The summed E-state index contributed by atoms with van der Waals surface area (Å²) in [5.74, 6) is 0. The van der Waals surface area contributed by atoms with Crippen LogP contribution in [0.1, 0.15) is 18.2 Å². The molecule has 3 nitrogen and oxygen atoms in total. The van der Waals surface area contributed by atoms with Crippen molar-refractivity contribution in [2.45, 2.75) is 25.8 Å². The van der Waals surface area contributed by atoms with E-state index in [1.807, 2.05) is 6.07 Å². The van der Waals surface area contributed by atoms with Crippen LogP contribution < -0.4 is 11.1 Å². The van der Waals surface area contributed by atoms with Crippen LogP contribution in [0.2, 0.25) is 0 Å². The van der Waals surface area contributed by atoms with Gasteiger partial charge in [0, 0.05) is 18.0 Å². The van der Waals surface area contributed by atoms with Gasteiger partial charge in [-0.25, -0.2) is 4.98 Å². The van der Waals surface area contributed by atoms with Crippen LogP contribution in [0.15, 0.2) is 35.7 Å². The van der Waals surface area contributed by atoms with E-state index in [1.165, 1.54) is 5.56 Å². The number of rotatable bonds is 6. The summed E-state index contributed by atoms with van der Waals surface area (Å²) in [6.45, 7) is 2.72. The fourth-order valence-corrected chi connectivity index (χ4v) is 2.67. The molecule has 1 unspecified atom stereocenters. The lowest BCUT2D eigenvalue weighted by Crippen LogP contribution is -2.30. The van der Waals surface area contributed by atoms with Gasteiger partial charge in [-0.3, -0.25) is 0 Å². The molecular formula is C14H19N3S. The van der Waals surface area contributed by atoms with Crippen LogP contribution in [-0.2, 0) is 12.8 Å². The number of aryl methyl sites for hydroxylation is 1. The first-order valence-corrected chi connectivity index (χ1v) is 7.14. The summed E-state index contributed by atoms with van der Waals surface area (Å²) in [4.78, 5) is 4.51. The molecule has 0 saturated carbocycles.